The zero-order valence-corrected chi connectivity index (χ0v) is 12.7. The molecule has 0 bridgehead atoms. The predicted molar refractivity (Wildman–Crippen MR) is 81.3 cm³/mol. The first-order valence-corrected chi connectivity index (χ1v) is 7.64. The van der Waals surface area contributed by atoms with Crippen molar-refractivity contribution in [2.45, 2.75) is 52.4 Å². The lowest BCUT2D eigenvalue weighted by molar-refractivity contribution is 0.156. The van der Waals surface area contributed by atoms with Gasteiger partial charge in [-0.15, -0.1) is 0 Å². The summed E-state index contributed by atoms with van der Waals surface area (Å²) in [4.78, 5) is 0. The second-order valence-corrected chi connectivity index (χ2v) is 5.65. The number of aliphatic hydroxyl groups excluding tert-OH is 1. The predicted octanol–water partition coefficient (Wildman–Crippen LogP) is 3.16. The number of aryl methyl sites for hydroxylation is 3. The first kappa shape index (κ1) is 14.1. The summed E-state index contributed by atoms with van der Waals surface area (Å²) in [6.45, 7) is 5.41. The average Bonchev–Trinajstić information content (AvgIpc) is 2.86. The maximum Gasteiger partial charge on any atom is 0.130 e. The van der Waals surface area contributed by atoms with Gasteiger partial charge in [-0.25, -0.2) is 0 Å². The van der Waals surface area contributed by atoms with Crippen LogP contribution in [0.3, 0.4) is 0 Å². The van der Waals surface area contributed by atoms with Crippen LogP contribution < -0.4 is 4.74 Å². The maximum atomic E-state index is 10.1. The van der Waals surface area contributed by atoms with Gasteiger partial charge in [-0.2, -0.15) is 5.10 Å². The SMILES string of the molecule is CCn1nc(C)cc1COc1ccc2c(c1)[C@H](O)CCC2. The van der Waals surface area contributed by atoms with Crippen LogP contribution in [0.15, 0.2) is 24.3 Å². The number of aromatic nitrogens is 2. The van der Waals surface area contributed by atoms with Crippen molar-refractivity contribution in [2.24, 2.45) is 0 Å². The van der Waals surface area contributed by atoms with Crippen molar-refractivity contribution in [3.8, 4) is 5.75 Å². The fraction of sp³-hybridized carbons (Fsp3) is 0.471. The van der Waals surface area contributed by atoms with Crippen molar-refractivity contribution >= 4 is 0 Å². The Kier molecular flexibility index (Phi) is 3.97. The van der Waals surface area contributed by atoms with Gasteiger partial charge in [0, 0.05) is 6.54 Å². The molecule has 0 fully saturated rings. The van der Waals surface area contributed by atoms with Gasteiger partial charge < -0.3 is 9.84 Å². The molecule has 0 aliphatic heterocycles. The molecule has 0 saturated heterocycles. The van der Waals surface area contributed by atoms with Gasteiger partial charge in [-0.3, -0.25) is 4.68 Å². The molecule has 0 radical (unpaired) electrons. The fourth-order valence-corrected chi connectivity index (χ4v) is 2.99. The Bertz CT molecular complexity index is 634. The number of hydrogen-bond donors (Lipinski definition) is 1. The first-order valence-electron chi connectivity index (χ1n) is 7.64. The Morgan fingerprint density at radius 2 is 2.24 bits per heavy atom. The quantitative estimate of drug-likeness (QED) is 0.939. The molecule has 1 N–H and O–H groups in total. The average molecular weight is 286 g/mol. The smallest absolute Gasteiger partial charge is 0.130 e. The summed E-state index contributed by atoms with van der Waals surface area (Å²) in [5.41, 5.74) is 4.36. The Morgan fingerprint density at radius 3 is 3.05 bits per heavy atom. The third-order valence-corrected chi connectivity index (χ3v) is 4.07. The van der Waals surface area contributed by atoms with Gasteiger partial charge in [0.05, 0.1) is 17.5 Å². The second-order valence-electron chi connectivity index (χ2n) is 5.65. The Balaban J connectivity index is 1.75. The zero-order chi connectivity index (χ0) is 14.8. The normalized spacial score (nSPS) is 17.6. The van der Waals surface area contributed by atoms with Crippen LogP contribution in [0, 0.1) is 6.92 Å². The Labute approximate surface area is 125 Å². The zero-order valence-electron chi connectivity index (χ0n) is 12.7. The highest BCUT2D eigenvalue weighted by Gasteiger charge is 2.18. The molecule has 1 aliphatic carbocycles. The molecule has 0 spiro atoms. The number of rotatable bonds is 4. The van der Waals surface area contributed by atoms with E-state index in [-0.39, 0.29) is 6.10 Å². The molecule has 1 aromatic carbocycles. The molecule has 1 atom stereocenters. The molecule has 4 heteroatoms. The number of aliphatic hydroxyl groups is 1. The molecular formula is C17H22N2O2. The first-order chi connectivity index (χ1) is 10.2. The minimum atomic E-state index is -0.347. The van der Waals surface area contributed by atoms with Crippen molar-refractivity contribution in [1.29, 1.82) is 0 Å². The molecular weight excluding hydrogens is 264 g/mol. The Hall–Kier alpha value is -1.81. The van der Waals surface area contributed by atoms with E-state index >= 15 is 0 Å². The monoisotopic (exact) mass is 286 g/mol. The van der Waals surface area contributed by atoms with Crippen molar-refractivity contribution in [2.75, 3.05) is 0 Å². The van der Waals surface area contributed by atoms with Crippen molar-refractivity contribution in [3.05, 3.63) is 46.8 Å². The van der Waals surface area contributed by atoms with Crippen molar-refractivity contribution < 1.29 is 9.84 Å². The van der Waals surface area contributed by atoms with Crippen molar-refractivity contribution in [3.63, 3.8) is 0 Å². The highest BCUT2D eigenvalue weighted by atomic mass is 16.5. The minimum absolute atomic E-state index is 0.347. The van der Waals surface area contributed by atoms with E-state index in [1.807, 2.05) is 23.7 Å². The van der Waals surface area contributed by atoms with Gasteiger partial charge in [-0.05, 0) is 62.4 Å². The largest absolute Gasteiger partial charge is 0.487 e. The lowest BCUT2D eigenvalue weighted by Gasteiger charge is -2.22. The molecule has 1 aromatic heterocycles. The number of benzene rings is 1. The topological polar surface area (TPSA) is 47.3 Å². The highest BCUT2D eigenvalue weighted by molar-refractivity contribution is 5.38. The molecule has 21 heavy (non-hydrogen) atoms. The molecule has 2 aromatic rings. The summed E-state index contributed by atoms with van der Waals surface area (Å²) < 4.78 is 7.85. The number of fused-ring (bicyclic) bond motifs is 1. The molecule has 1 heterocycles. The highest BCUT2D eigenvalue weighted by Crippen LogP contribution is 2.32. The van der Waals surface area contributed by atoms with E-state index in [0.29, 0.717) is 6.61 Å². The minimum Gasteiger partial charge on any atom is -0.487 e. The summed E-state index contributed by atoms with van der Waals surface area (Å²) in [7, 11) is 0. The summed E-state index contributed by atoms with van der Waals surface area (Å²) in [5, 5.41) is 14.5. The molecule has 0 amide bonds. The molecule has 4 nitrogen and oxygen atoms in total. The molecule has 0 unspecified atom stereocenters. The van der Waals surface area contributed by atoms with Crippen LogP contribution in [0.2, 0.25) is 0 Å². The summed E-state index contributed by atoms with van der Waals surface area (Å²) in [6, 6.07) is 8.11. The van der Waals surface area contributed by atoms with Crippen LogP contribution in [-0.4, -0.2) is 14.9 Å². The summed E-state index contributed by atoms with van der Waals surface area (Å²) in [6.07, 6.45) is 2.61. The number of hydrogen-bond acceptors (Lipinski definition) is 3. The Morgan fingerprint density at radius 1 is 1.38 bits per heavy atom. The van der Waals surface area contributed by atoms with Crippen LogP contribution in [-0.2, 0) is 19.6 Å². The van der Waals surface area contributed by atoms with Crippen LogP contribution in [0.1, 0.15) is 48.4 Å². The van der Waals surface area contributed by atoms with Crippen LogP contribution in [0.4, 0.5) is 0 Å². The summed E-state index contributed by atoms with van der Waals surface area (Å²) in [5.74, 6) is 0.816. The lowest BCUT2D eigenvalue weighted by atomic mass is 9.89. The van der Waals surface area contributed by atoms with E-state index < -0.39 is 0 Å². The van der Waals surface area contributed by atoms with Crippen LogP contribution in [0.25, 0.3) is 0 Å². The molecule has 112 valence electrons. The van der Waals surface area contributed by atoms with Crippen LogP contribution >= 0.6 is 0 Å². The number of ether oxygens (including phenoxy) is 1. The van der Waals surface area contributed by atoms with E-state index in [4.69, 9.17) is 4.74 Å². The van der Waals surface area contributed by atoms with Gasteiger partial charge in [0.15, 0.2) is 0 Å². The van der Waals surface area contributed by atoms with E-state index in [1.54, 1.807) is 0 Å². The van der Waals surface area contributed by atoms with E-state index in [1.165, 1.54) is 5.56 Å². The molecule has 0 saturated carbocycles. The van der Waals surface area contributed by atoms with E-state index in [2.05, 4.69) is 24.2 Å². The van der Waals surface area contributed by atoms with Crippen molar-refractivity contribution in [1.82, 2.24) is 9.78 Å². The molecule has 1 aliphatic rings. The lowest BCUT2D eigenvalue weighted by Crippen LogP contribution is -2.10. The maximum absolute atomic E-state index is 10.1. The van der Waals surface area contributed by atoms with Crippen LogP contribution in [0.5, 0.6) is 5.75 Å². The van der Waals surface area contributed by atoms with Gasteiger partial charge in [0.25, 0.3) is 0 Å². The third kappa shape index (κ3) is 2.95. The number of nitrogens with zero attached hydrogens (tertiary/aromatic N) is 2. The molecule has 3 rings (SSSR count). The fourth-order valence-electron chi connectivity index (χ4n) is 2.99. The van der Waals surface area contributed by atoms with Gasteiger partial charge in [0.1, 0.15) is 12.4 Å². The van der Waals surface area contributed by atoms with Gasteiger partial charge in [-0.1, -0.05) is 6.07 Å². The summed E-state index contributed by atoms with van der Waals surface area (Å²) >= 11 is 0. The van der Waals surface area contributed by atoms with Gasteiger partial charge in [0.2, 0.25) is 0 Å². The van der Waals surface area contributed by atoms with E-state index in [0.717, 1.165) is 48.5 Å². The third-order valence-electron chi connectivity index (χ3n) is 4.07. The van der Waals surface area contributed by atoms with E-state index in [9.17, 15) is 5.11 Å². The second kappa shape index (κ2) is 5.90. The van der Waals surface area contributed by atoms with Gasteiger partial charge >= 0.3 is 0 Å². The standard InChI is InChI=1S/C17H22N2O2/c1-3-19-14(9-12(2)18-19)11-21-15-8-7-13-5-4-6-17(20)16(13)10-15/h7-10,17,20H,3-6,11H2,1-2H3/t17-/m1/s1.